The summed E-state index contributed by atoms with van der Waals surface area (Å²) < 4.78 is 5.54. The molecule has 0 saturated heterocycles. The Kier molecular flexibility index (Phi) is 2.85. The lowest BCUT2D eigenvalue weighted by Crippen LogP contribution is -2.06. The maximum atomic E-state index is 10.9. The second-order valence-corrected chi connectivity index (χ2v) is 2.68. The zero-order valence-corrected chi connectivity index (χ0v) is 7.85. The number of hydrogen-bond donors (Lipinski definition) is 1. The molecule has 1 aromatic heterocycles. The van der Waals surface area contributed by atoms with Crippen molar-refractivity contribution >= 4 is 12.3 Å². The van der Waals surface area contributed by atoms with Crippen LogP contribution in [0.3, 0.4) is 0 Å². The highest BCUT2D eigenvalue weighted by molar-refractivity contribution is 5.83. The van der Waals surface area contributed by atoms with E-state index >= 15 is 0 Å². The van der Waals surface area contributed by atoms with E-state index in [4.69, 9.17) is 0 Å². The van der Waals surface area contributed by atoms with Gasteiger partial charge in [-0.3, -0.25) is 9.59 Å². The normalized spacial score (nSPS) is 9.86. The Morgan fingerprint density at radius 3 is 2.86 bits per heavy atom. The molecule has 0 saturated carbocycles. The van der Waals surface area contributed by atoms with Gasteiger partial charge >= 0.3 is 5.97 Å². The van der Waals surface area contributed by atoms with Crippen molar-refractivity contribution in [2.24, 2.45) is 7.05 Å². The molecule has 1 aromatic rings. The molecule has 0 bridgehead atoms. The number of aromatic nitrogens is 2. The fourth-order valence-electron chi connectivity index (χ4n) is 1.05. The quantitative estimate of drug-likeness (QED) is 0.530. The molecule has 76 valence electrons. The van der Waals surface area contributed by atoms with Gasteiger partial charge in [-0.25, -0.2) is 4.68 Å². The molecule has 0 spiro atoms. The second kappa shape index (κ2) is 3.91. The van der Waals surface area contributed by atoms with Crippen molar-refractivity contribution in [2.45, 2.75) is 6.42 Å². The zero-order valence-electron chi connectivity index (χ0n) is 7.85. The highest BCUT2D eigenvalue weighted by Gasteiger charge is 2.17. The van der Waals surface area contributed by atoms with Crippen molar-refractivity contribution in [1.82, 2.24) is 9.78 Å². The number of methoxy groups -OCH3 is 1. The Balaban J connectivity index is 3.02. The summed E-state index contributed by atoms with van der Waals surface area (Å²) in [5, 5.41) is 13.1. The Bertz CT molecular complexity index is 370. The molecule has 1 heterocycles. The molecule has 0 aromatic carbocycles. The number of rotatable bonds is 3. The summed E-state index contributed by atoms with van der Waals surface area (Å²) in [6.45, 7) is 0. The predicted molar refractivity (Wildman–Crippen MR) is 46.0 cm³/mol. The SMILES string of the molecule is COC(=O)Cc1nn(C)c(O)c1C=O. The third-order valence-corrected chi connectivity index (χ3v) is 1.79. The molecule has 6 heteroatoms. The number of carbonyl (C=O) groups excluding carboxylic acids is 2. The molecular weight excluding hydrogens is 188 g/mol. The van der Waals surface area contributed by atoms with E-state index in [-0.39, 0.29) is 23.6 Å². The van der Waals surface area contributed by atoms with E-state index in [2.05, 4.69) is 9.84 Å². The topological polar surface area (TPSA) is 81.4 Å². The maximum absolute atomic E-state index is 10.9. The summed E-state index contributed by atoms with van der Waals surface area (Å²) in [7, 11) is 2.72. The van der Waals surface area contributed by atoms with Crippen LogP contribution in [-0.4, -0.2) is 34.3 Å². The van der Waals surface area contributed by atoms with Gasteiger partial charge in [0.2, 0.25) is 5.88 Å². The van der Waals surface area contributed by atoms with E-state index < -0.39 is 5.97 Å². The number of aryl methyl sites for hydroxylation is 1. The van der Waals surface area contributed by atoms with Crippen molar-refractivity contribution in [3.8, 4) is 5.88 Å². The monoisotopic (exact) mass is 198 g/mol. The van der Waals surface area contributed by atoms with Crippen LogP contribution in [0.2, 0.25) is 0 Å². The third kappa shape index (κ3) is 1.73. The van der Waals surface area contributed by atoms with Crippen LogP contribution in [0.4, 0.5) is 0 Å². The molecule has 0 atom stereocenters. The highest BCUT2D eigenvalue weighted by Crippen LogP contribution is 2.18. The van der Waals surface area contributed by atoms with Crippen LogP contribution < -0.4 is 0 Å². The van der Waals surface area contributed by atoms with Crippen molar-refractivity contribution < 1.29 is 19.4 Å². The molecule has 0 fully saturated rings. The first-order chi connectivity index (χ1) is 6.60. The lowest BCUT2D eigenvalue weighted by atomic mass is 10.2. The lowest BCUT2D eigenvalue weighted by Gasteiger charge is -1.95. The van der Waals surface area contributed by atoms with Crippen LogP contribution >= 0.6 is 0 Å². The summed E-state index contributed by atoms with van der Waals surface area (Å²) in [5.74, 6) is -0.759. The van der Waals surface area contributed by atoms with Crippen molar-refractivity contribution in [3.05, 3.63) is 11.3 Å². The molecular formula is C8H10N2O4. The predicted octanol–water partition coefficient (Wildman–Crippen LogP) is -0.346. The van der Waals surface area contributed by atoms with E-state index in [1.807, 2.05) is 0 Å². The Labute approximate surface area is 80.1 Å². The van der Waals surface area contributed by atoms with Crippen LogP contribution in [0.5, 0.6) is 5.88 Å². The fourth-order valence-corrected chi connectivity index (χ4v) is 1.05. The average molecular weight is 198 g/mol. The lowest BCUT2D eigenvalue weighted by molar-refractivity contribution is -0.139. The van der Waals surface area contributed by atoms with Crippen LogP contribution in [0.1, 0.15) is 16.1 Å². The summed E-state index contributed by atoms with van der Waals surface area (Å²) in [4.78, 5) is 21.5. The molecule has 0 unspecified atom stereocenters. The maximum Gasteiger partial charge on any atom is 0.311 e. The Hall–Kier alpha value is -1.85. The third-order valence-electron chi connectivity index (χ3n) is 1.79. The van der Waals surface area contributed by atoms with Gasteiger partial charge in [0.15, 0.2) is 6.29 Å². The first-order valence-corrected chi connectivity index (χ1v) is 3.87. The van der Waals surface area contributed by atoms with Gasteiger partial charge in [0, 0.05) is 7.05 Å². The van der Waals surface area contributed by atoms with Crippen LogP contribution in [0, 0.1) is 0 Å². The minimum absolute atomic E-state index is 0.0258. The van der Waals surface area contributed by atoms with Crippen molar-refractivity contribution in [2.75, 3.05) is 7.11 Å². The Morgan fingerprint density at radius 2 is 2.36 bits per heavy atom. The van der Waals surface area contributed by atoms with Gasteiger partial charge in [0.25, 0.3) is 0 Å². The fraction of sp³-hybridized carbons (Fsp3) is 0.375. The summed E-state index contributed by atoms with van der Waals surface area (Å²) in [6.07, 6.45) is 0.333. The summed E-state index contributed by atoms with van der Waals surface area (Å²) in [6, 6.07) is 0. The molecule has 0 amide bonds. The zero-order chi connectivity index (χ0) is 10.7. The van der Waals surface area contributed by atoms with Gasteiger partial charge in [0.1, 0.15) is 0 Å². The highest BCUT2D eigenvalue weighted by atomic mass is 16.5. The van der Waals surface area contributed by atoms with Gasteiger partial charge in [-0.15, -0.1) is 0 Å². The number of aldehydes is 1. The second-order valence-electron chi connectivity index (χ2n) is 2.68. The first kappa shape index (κ1) is 10.2. The summed E-state index contributed by atoms with van der Waals surface area (Å²) >= 11 is 0. The average Bonchev–Trinajstić information content (AvgIpc) is 2.42. The molecule has 6 nitrogen and oxygen atoms in total. The number of nitrogens with zero attached hydrogens (tertiary/aromatic N) is 2. The van der Waals surface area contributed by atoms with Crippen LogP contribution in [-0.2, 0) is 23.0 Å². The molecule has 0 aliphatic heterocycles. The number of carbonyl (C=O) groups is 2. The molecule has 0 radical (unpaired) electrons. The van der Waals surface area contributed by atoms with Crippen molar-refractivity contribution in [3.63, 3.8) is 0 Å². The van der Waals surface area contributed by atoms with E-state index in [0.29, 0.717) is 6.29 Å². The largest absolute Gasteiger partial charge is 0.493 e. The van der Waals surface area contributed by atoms with Gasteiger partial charge in [-0.05, 0) is 0 Å². The minimum Gasteiger partial charge on any atom is -0.493 e. The molecule has 1 N–H and O–H groups in total. The van der Waals surface area contributed by atoms with Gasteiger partial charge in [-0.1, -0.05) is 0 Å². The number of ether oxygens (including phenoxy) is 1. The van der Waals surface area contributed by atoms with Gasteiger partial charge < -0.3 is 9.84 Å². The Morgan fingerprint density at radius 1 is 1.71 bits per heavy atom. The minimum atomic E-state index is -0.508. The van der Waals surface area contributed by atoms with E-state index in [1.165, 1.54) is 14.2 Å². The number of aromatic hydroxyl groups is 1. The number of esters is 1. The standard InChI is InChI=1S/C8H10N2O4/c1-10-8(13)5(4-11)6(9-10)3-7(12)14-2/h4,13H,3H2,1-2H3. The summed E-state index contributed by atoms with van der Waals surface area (Å²) in [5.41, 5.74) is 0.241. The van der Waals surface area contributed by atoms with E-state index in [0.717, 1.165) is 4.68 Å². The first-order valence-electron chi connectivity index (χ1n) is 3.87. The number of hydrogen-bond acceptors (Lipinski definition) is 5. The molecule has 1 rings (SSSR count). The molecule has 0 aliphatic carbocycles. The van der Waals surface area contributed by atoms with Crippen LogP contribution in [0.25, 0.3) is 0 Å². The van der Waals surface area contributed by atoms with Crippen LogP contribution in [0.15, 0.2) is 0 Å². The van der Waals surface area contributed by atoms with Gasteiger partial charge in [0.05, 0.1) is 24.8 Å². The van der Waals surface area contributed by atoms with E-state index in [1.54, 1.807) is 0 Å². The van der Waals surface area contributed by atoms with E-state index in [9.17, 15) is 14.7 Å². The molecule has 0 aliphatic rings. The van der Waals surface area contributed by atoms with Gasteiger partial charge in [-0.2, -0.15) is 5.10 Å². The van der Waals surface area contributed by atoms with Crippen molar-refractivity contribution in [1.29, 1.82) is 0 Å². The molecule has 14 heavy (non-hydrogen) atoms. The smallest absolute Gasteiger partial charge is 0.311 e.